The van der Waals surface area contributed by atoms with Crippen LogP contribution in [0.2, 0.25) is 0 Å². The Bertz CT molecular complexity index is 342. The molecule has 0 aliphatic heterocycles. The lowest BCUT2D eigenvalue weighted by atomic mass is 9.95. The summed E-state index contributed by atoms with van der Waals surface area (Å²) in [5.74, 6) is -0.0329. The summed E-state index contributed by atoms with van der Waals surface area (Å²) in [5, 5.41) is 8.98. The summed E-state index contributed by atoms with van der Waals surface area (Å²) < 4.78 is 37.2. The normalized spacial score (nSPS) is 12.2. The highest BCUT2D eigenvalue weighted by molar-refractivity contribution is 5.35. The third kappa shape index (κ3) is 2.72. The Kier molecular flexibility index (Phi) is 3.39. The first kappa shape index (κ1) is 12.0. The largest absolute Gasteiger partial charge is 0.416 e. The molecule has 1 nitrogen and oxygen atoms in total. The van der Waals surface area contributed by atoms with Gasteiger partial charge in [-0.15, -0.1) is 0 Å². The van der Waals surface area contributed by atoms with Gasteiger partial charge in [-0.2, -0.15) is 13.2 Å². The minimum Gasteiger partial charge on any atom is -0.392 e. The molecule has 0 aliphatic rings. The maximum atomic E-state index is 12.4. The molecule has 0 aliphatic carbocycles. The minimum absolute atomic E-state index is 0.0329. The summed E-state index contributed by atoms with van der Waals surface area (Å²) in [6.07, 6.45) is -4.32. The van der Waals surface area contributed by atoms with Crippen LogP contribution in [0.5, 0.6) is 0 Å². The van der Waals surface area contributed by atoms with Crippen molar-refractivity contribution in [1.29, 1.82) is 0 Å². The molecule has 1 aromatic rings. The highest BCUT2D eigenvalue weighted by atomic mass is 19.4. The SMILES string of the molecule is CC(C)c1cc(C(F)(F)F)ccc1CO. The van der Waals surface area contributed by atoms with Crippen LogP contribution in [-0.2, 0) is 12.8 Å². The Morgan fingerprint density at radius 2 is 1.87 bits per heavy atom. The average Bonchev–Trinajstić information content (AvgIpc) is 2.15. The number of hydrogen-bond donors (Lipinski definition) is 1. The van der Waals surface area contributed by atoms with E-state index >= 15 is 0 Å². The molecule has 0 radical (unpaired) electrons. The van der Waals surface area contributed by atoms with Crippen molar-refractivity contribution in [1.82, 2.24) is 0 Å². The minimum atomic E-state index is -4.32. The molecule has 1 aromatic carbocycles. The van der Waals surface area contributed by atoms with Crippen LogP contribution in [-0.4, -0.2) is 5.11 Å². The first-order chi connectivity index (χ1) is 6.86. The van der Waals surface area contributed by atoms with E-state index in [1.54, 1.807) is 13.8 Å². The number of halogens is 3. The van der Waals surface area contributed by atoms with Crippen LogP contribution in [0.1, 0.15) is 36.5 Å². The number of benzene rings is 1. The molecule has 0 saturated heterocycles. The first-order valence-corrected chi connectivity index (χ1v) is 4.67. The summed E-state index contributed by atoms with van der Waals surface area (Å²) in [6.45, 7) is 3.37. The number of hydrogen-bond acceptors (Lipinski definition) is 1. The molecule has 84 valence electrons. The fourth-order valence-corrected chi connectivity index (χ4v) is 1.45. The molecule has 0 aromatic heterocycles. The van der Waals surface area contributed by atoms with Crippen molar-refractivity contribution in [3.05, 3.63) is 34.9 Å². The second-order valence-corrected chi connectivity index (χ2v) is 3.72. The Labute approximate surface area is 86.5 Å². The van der Waals surface area contributed by atoms with Crippen molar-refractivity contribution in [2.75, 3.05) is 0 Å². The van der Waals surface area contributed by atoms with Gasteiger partial charge in [-0.3, -0.25) is 0 Å². The second-order valence-electron chi connectivity index (χ2n) is 3.72. The van der Waals surface area contributed by atoms with Crippen LogP contribution in [0.4, 0.5) is 13.2 Å². The summed E-state index contributed by atoms with van der Waals surface area (Å²) in [4.78, 5) is 0. The number of aliphatic hydroxyl groups is 1. The summed E-state index contributed by atoms with van der Waals surface area (Å²) in [7, 11) is 0. The molecule has 0 amide bonds. The van der Waals surface area contributed by atoms with Crippen LogP contribution in [0, 0.1) is 0 Å². The van der Waals surface area contributed by atoms with E-state index in [2.05, 4.69) is 0 Å². The van der Waals surface area contributed by atoms with Gasteiger partial charge in [0.25, 0.3) is 0 Å². The van der Waals surface area contributed by atoms with E-state index in [0.29, 0.717) is 11.1 Å². The molecule has 0 heterocycles. The molecular formula is C11H13F3O. The lowest BCUT2D eigenvalue weighted by Crippen LogP contribution is -2.07. The zero-order valence-electron chi connectivity index (χ0n) is 8.60. The lowest BCUT2D eigenvalue weighted by Gasteiger charge is -2.14. The van der Waals surface area contributed by atoms with E-state index in [1.807, 2.05) is 0 Å². The van der Waals surface area contributed by atoms with E-state index < -0.39 is 11.7 Å². The van der Waals surface area contributed by atoms with Gasteiger partial charge < -0.3 is 5.11 Å². The molecule has 15 heavy (non-hydrogen) atoms. The van der Waals surface area contributed by atoms with E-state index in [9.17, 15) is 13.2 Å². The average molecular weight is 218 g/mol. The predicted molar refractivity (Wildman–Crippen MR) is 51.5 cm³/mol. The van der Waals surface area contributed by atoms with Crippen molar-refractivity contribution in [3.8, 4) is 0 Å². The molecule has 0 fully saturated rings. The van der Waals surface area contributed by atoms with Gasteiger partial charge in [-0.25, -0.2) is 0 Å². The third-order valence-electron chi connectivity index (χ3n) is 2.27. The molecule has 0 bridgehead atoms. The van der Waals surface area contributed by atoms with Crippen molar-refractivity contribution >= 4 is 0 Å². The third-order valence-corrected chi connectivity index (χ3v) is 2.27. The Balaban J connectivity index is 3.22. The van der Waals surface area contributed by atoms with Crippen molar-refractivity contribution in [2.24, 2.45) is 0 Å². The van der Waals surface area contributed by atoms with Crippen LogP contribution >= 0.6 is 0 Å². The molecule has 0 atom stereocenters. The van der Waals surface area contributed by atoms with Crippen LogP contribution in [0.25, 0.3) is 0 Å². The van der Waals surface area contributed by atoms with Gasteiger partial charge in [0.15, 0.2) is 0 Å². The molecule has 1 rings (SSSR count). The highest BCUT2D eigenvalue weighted by Crippen LogP contribution is 2.32. The Morgan fingerprint density at radius 3 is 2.27 bits per heavy atom. The van der Waals surface area contributed by atoms with E-state index in [4.69, 9.17) is 5.11 Å². The fraction of sp³-hybridized carbons (Fsp3) is 0.455. The van der Waals surface area contributed by atoms with E-state index in [-0.39, 0.29) is 12.5 Å². The summed E-state index contributed by atoms with van der Waals surface area (Å²) in [6, 6.07) is 3.44. The predicted octanol–water partition coefficient (Wildman–Crippen LogP) is 3.32. The zero-order valence-corrected chi connectivity index (χ0v) is 8.60. The van der Waals surface area contributed by atoms with Gasteiger partial charge in [0.2, 0.25) is 0 Å². The van der Waals surface area contributed by atoms with Gasteiger partial charge >= 0.3 is 6.18 Å². The van der Waals surface area contributed by atoms with Gasteiger partial charge in [-0.1, -0.05) is 19.9 Å². The molecule has 0 unspecified atom stereocenters. The van der Waals surface area contributed by atoms with Gasteiger partial charge in [-0.05, 0) is 29.2 Å². The highest BCUT2D eigenvalue weighted by Gasteiger charge is 2.31. The lowest BCUT2D eigenvalue weighted by molar-refractivity contribution is -0.137. The Morgan fingerprint density at radius 1 is 1.27 bits per heavy atom. The van der Waals surface area contributed by atoms with E-state index in [0.717, 1.165) is 12.1 Å². The standard InChI is InChI=1S/C11H13F3O/c1-7(2)10-5-9(11(12,13)14)4-3-8(10)6-15/h3-5,7,15H,6H2,1-2H3. The van der Waals surface area contributed by atoms with Crippen molar-refractivity contribution < 1.29 is 18.3 Å². The molecule has 4 heteroatoms. The number of rotatable bonds is 2. The monoisotopic (exact) mass is 218 g/mol. The molecule has 0 saturated carbocycles. The summed E-state index contributed by atoms with van der Waals surface area (Å²) in [5.41, 5.74) is 0.439. The second kappa shape index (κ2) is 4.23. The van der Waals surface area contributed by atoms with Crippen LogP contribution in [0.3, 0.4) is 0 Å². The smallest absolute Gasteiger partial charge is 0.392 e. The van der Waals surface area contributed by atoms with E-state index in [1.165, 1.54) is 6.07 Å². The molecule has 0 spiro atoms. The van der Waals surface area contributed by atoms with Crippen molar-refractivity contribution in [3.63, 3.8) is 0 Å². The molecular weight excluding hydrogens is 205 g/mol. The molecule has 1 N–H and O–H groups in total. The van der Waals surface area contributed by atoms with Gasteiger partial charge in [0.1, 0.15) is 0 Å². The Hall–Kier alpha value is -1.03. The maximum Gasteiger partial charge on any atom is 0.416 e. The summed E-state index contributed by atoms with van der Waals surface area (Å²) >= 11 is 0. The van der Waals surface area contributed by atoms with Crippen LogP contribution in [0.15, 0.2) is 18.2 Å². The van der Waals surface area contributed by atoms with Gasteiger partial charge in [0, 0.05) is 0 Å². The zero-order chi connectivity index (χ0) is 11.6. The van der Waals surface area contributed by atoms with Crippen molar-refractivity contribution in [2.45, 2.75) is 32.5 Å². The van der Waals surface area contributed by atoms with Crippen LogP contribution < -0.4 is 0 Å². The quantitative estimate of drug-likeness (QED) is 0.807. The number of alkyl halides is 3. The fourth-order valence-electron chi connectivity index (χ4n) is 1.45. The maximum absolute atomic E-state index is 12.4. The number of aliphatic hydroxyl groups excluding tert-OH is 1. The topological polar surface area (TPSA) is 20.2 Å². The van der Waals surface area contributed by atoms with Gasteiger partial charge in [0.05, 0.1) is 12.2 Å². The first-order valence-electron chi connectivity index (χ1n) is 4.67.